The SMILES string of the molecule is CC(C)CN(CC(C)C)C(=O)C1CCCC(C)N1. The molecule has 2 unspecified atom stereocenters. The second-order valence-corrected chi connectivity index (χ2v) is 6.58. The number of amides is 1. The summed E-state index contributed by atoms with van der Waals surface area (Å²) in [5, 5.41) is 3.45. The normalized spacial score (nSPS) is 24.6. The first kappa shape index (κ1) is 15.5. The Morgan fingerprint density at radius 3 is 2.17 bits per heavy atom. The summed E-state index contributed by atoms with van der Waals surface area (Å²) in [5.74, 6) is 1.38. The molecule has 18 heavy (non-hydrogen) atoms. The molecule has 0 bridgehead atoms. The summed E-state index contributed by atoms with van der Waals surface area (Å²) in [4.78, 5) is 14.6. The molecule has 0 spiro atoms. The third-order valence-electron chi connectivity index (χ3n) is 3.40. The van der Waals surface area contributed by atoms with Crippen LogP contribution in [0.25, 0.3) is 0 Å². The van der Waals surface area contributed by atoms with E-state index in [0.717, 1.165) is 19.5 Å². The van der Waals surface area contributed by atoms with Gasteiger partial charge in [0.2, 0.25) is 5.91 Å². The zero-order valence-corrected chi connectivity index (χ0v) is 12.7. The van der Waals surface area contributed by atoms with E-state index in [2.05, 4.69) is 44.8 Å². The lowest BCUT2D eigenvalue weighted by Gasteiger charge is -2.34. The first-order valence-electron chi connectivity index (χ1n) is 7.45. The average Bonchev–Trinajstić information content (AvgIpc) is 2.26. The predicted molar refractivity (Wildman–Crippen MR) is 76.5 cm³/mol. The molecule has 106 valence electrons. The molecule has 0 aliphatic carbocycles. The van der Waals surface area contributed by atoms with Crippen molar-refractivity contribution in [3.8, 4) is 0 Å². The Bertz CT molecular complexity index is 253. The van der Waals surface area contributed by atoms with Crippen LogP contribution in [-0.2, 0) is 4.79 Å². The Morgan fingerprint density at radius 1 is 1.17 bits per heavy atom. The number of hydrogen-bond acceptors (Lipinski definition) is 2. The fourth-order valence-electron chi connectivity index (χ4n) is 2.69. The van der Waals surface area contributed by atoms with Gasteiger partial charge in [-0.25, -0.2) is 0 Å². The Balaban J connectivity index is 2.62. The lowest BCUT2D eigenvalue weighted by molar-refractivity contribution is -0.135. The monoisotopic (exact) mass is 254 g/mol. The Kier molecular flexibility index (Phi) is 6.13. The highest BCUT2D eigenvalue weighted by Gasteiger charge is 2.28. The number of hydrogen-bond donors (Lipinski definition) is 1. The van der Waals surface area contributed by atoms with Gasteiger partial charge in [0.05, 0.1) is 6.04 Å². The highest BCUT2D eigenvalue weighted by atomic mass is 16.2. The van der Waals surface area contributed by atoms with E-state index in [4.69, 9.17) is 0 Å². The number of carbonyl (C=O) groups excluding carboxylic acids is 1. The van der Waals surface area contributed by atoms with Crippen LogP contribution in [0.1, 0.15) is 53.9 Å². The van der Waals surface area contributed by atoms with Crippen LogP contribution < -0.4 is 5.32 Å². The van der Waals surface area contributed by atoms with E-state index in [9.17, 15) is 4.79 Å². The summed E-state index contributed by atoms with van der Waals surface area (Å²) in [7, 11) is 0. The Morgan fingerprint density at radius 2 is 1.72 bits per heavy atom. The molecule has 0 aromatic carbocycles. The van der Waals surface area contributed by atoms with Gasteiger partial charge in [0.15, 0.2) is 0 Å². The van der Waals surface area contributed by atoms with Crippen molar-refractivity contribution in [3.05, 3.63) is 0 Å². The van der Waals surface area contributed by atoms with E-state index in [1.54, 1.807) is 0 Å². The molecule has 1 aliphatic heterocycles. The van der Waals surface area contributed by atoms with Crippen LogP contribution in [0.15, 0.2) is 0 Å². The minimum absolute atomic E-state index is 0.0475. The van der Waals surface area contributed by atoms with Crippen molar-refractivity contribution >= 4 is 5.91 Å². The standard InChI is InChI=1S/C15H30N2O/c1-11(2)9-17(10-12(3)4)15(18)14-8-6-7-13(5)16-14/h11-14,16H,6-10H2,1-5H3. The maximum absolute atomic E-state index is 12.6. The predicted octanol–water partition coefficient (Wildman–Crippen LogP) is 2.66. The zero-order chi connectivity index (χ0) is 13.7. The minimum Gasteiger partial charge on any atom is -0.341 e. The van der Waals surface area contributed by atoms with Gasteiger partial charge in [-0.15, -0.1) is 0 Å². The van der Waals surface area contributed by atoms with Crippen molar-refractivity contribution in [2.24, 2.45) is 11.8 Å². The molecule has 3 nitrogen and oxygen atoms in total. The number of piperidine rings is 1. The summed E-state index contributed by atoms with van der Waals surface area (Å²) < 4.78 is 0. The van der Waals surface area contributed by atoms with Gasteiger partial charge < -0.3 is 10.2 Å². The van der Waals surface area contributed by atoms with Crippen molar-refractivity contribution in [1.82, 2.24) is 10.2 Å². The van der Waals surface area contributed by atoms with Crippen LogP contribution in [-0.4, -0.2) is 36.0 Å². The molecule has 1 amide bonds. The molecule has 1 N–H and O–H groups in total. The van der Waals surface area contributed by atoms with Crippen molar-refractivity contribution in [1.29, 1.82) is 0 Å². The van der Waals surface area contributed by atoms with Gasteiger partial charge in [0.1, 0.15) is 0 Å². The van der Waals surface area contributed by atoms with Crippen LogP contribution in [0.5, 0.6) is 0 Å². The van der Waals surface area contributed by atoms with Crippen molar-refractivity contribution < 1.29 is 4.79 Å². The Hall–Kier alpha value is -0.570. The zero-order valence-electron chi connectivity index (χ0n) is 12.7. The van der Waals surface area contributed by atoms with Gasteiger partial charge in [0, 0.05) is 19.1 Å². The first-order chi connectivity index (χ1) is 8.40. The van der Waals surface area contributed by atoms with Crippen molar-refractivity contribution in [2.45, 2.75) is 66.0 Å². The second-order valence-electron chi connectivity index (χ2n) is 6.58. The maximum Gasteiger partial charge on any atom is 0.239 e. The molecular formula is C15H30N2O. The first-order valence-corrected chi connectivity index (χ1v) is 7.45. The average molecular weight is 254 g/mol. The van der Waals surface area contributed by atoms with Crippen LogP contribution in [0, 0.1) is 11.8 Å². The van der Waals surface area contributed by atoms with Gasteiger partial charge in [-0.3, -0.25) is 4.79 Å². The van der Waals surface area contributed by atoms with Gasteiger partial charge in [-0.05, 0) is 38.0 Å². The molecule has 1 heterocycles. The molecule has 0 aromatic heterocycles. The Labute approximate surface area is 112 Å². The number of rotatable bonds is 5. The summed E-state index contributed by atoms with van der Waals surface area (Å²) in [6, 6.07) is 0.527. The van der Waals surface area contributed by atoms with E-state index in [1.165, 1.54) is 12.8 Å². The van der Waals surface area contributed by atoms with E-state index in [-0.39, 0.29) is 6.04 Å². The van der Waals surface area contributed by atoms with E-state index < -0.39 is 0 Å². The molecule has 1 fully saturated rings. The highest BCUT2D eigenvalue weighted by molar-refractivity contribution is 5.82. The molecule has 1 saturated heterocycles. The van der Waals surface area contributed by atoms with Crippen LogP contribution in [0.3, 0.4) is 0 Å². The van der Waals surface area contributed by atoms with E-state index >= 15 is 0 Å². The summed E-state index contributed by atoms with van der Waals surface area (Å²) in [6.07, 6.45) is 3.36. The minimum atomic E-state index is 0.0475. The lowest BCUT2D eigenvalue weighted by Crippen LogP contribution is -2.52. The third kappa shape index (κ3) is 4.97. The molecule has 0 saturated carbocycles. The topological polar surface area (TPSA) is 32.3 Å². The number of carbonyl (C=O) groups is 1. The molecule has 0 aromatic rings. The summed E-state index contributed by atoms with van der Waals surface area (Å²) >= 11 is 0. The number of nitrogens with zero attached hydrogens (tertiary/aromatic N) is 1. The van der Waals surface area contributed by atoms with Crippen molar-refractivity contribution in [2.75, 3.05) is 13.1 Å². The highest BCUT2D eigenvalue weighted by Crippen LogP contribution is 2.16. The van der Waals surface area contributed by atoms with Gasteiger partial charge >= 0.3 is 0 Å². The van der Waals surface area contributed by atoms with Crippen molar-refractivity contribution in [3.63, 3.8) is 0 Å². The fraction of sp³-hybridized carbons (Fsp3) is 0.933. The molecule has 1 aliphatic rings. The van der Waals surface area contributed by atoms with E-state index in [1.807, 2.05) is 0 Å². The third-order valence-corrected chi connectivity index (χ3v) is 3.40. The molecule has 2 atom stereocenters. The maximum atomic E-state index is 12.6. The van der Waals surface area contributed by atoms with Gasteiger partial charge in [-0.2, -0.15) is 0 Å². The van der Waals surface area contributed by atoms with Gasteiger partial charge in [0.25, 0.3) is 0 Å². The largest absolute Gasteiger partial charge is 0.341 e. The van der Waals surface area contributed by atoms with E-state index in [0.29, 0.717) is 23.8 Å². The second kappa shape index (κ2) is 7.13. The lowest BCUT2D eigenvalue weighted by atomic mass is 9.98. The summed E-state index contributed by atoms with van der Waals surface area (Å²) in [5.41, 5.74) is 0. The van der Waals surface area contributed by atoms with Crippen LogP contribution >= 0.6 is 0 Å². The summed E-state index contributed by atoms with van der Waals surface area (Å²) in [6.45, 7) is 12.6. The molecule has 3 heteroatoms. The quantitative estimate of drug-likeness (QED) is 0.818. The van der Waals surface area contributed by atoms with Crippen LogP contribution in [0.2, 0.25) is 0 Å². The molecule has 0 radical (unpaired) electrons. The fourth-order valence-corrected chi connectivity index (χ4v) is 2.69. The smallest absolute Gasteiger partial charge is 0.239 e. The van der Waals surface area contributed by atoms with Gasteiger partial charge in [-0.1, -0.05) is 27.7 Å². The molecule has 1 rings (SSSR count). The van der Waals surface area contributed by atoms with Crippen LogP contribution in [0.4, 0.5) is 0 Å². The molecular weight excluding hydrogens is 224 g/mol. The number of nitrogens with one attached hydrogen (secondary N) is 1.